The minimum absolute atomic E-state index is 0.321. The highest BCUT2D eigenvalue weighted by Gasteiger charge is 2.20. The maximum Gasteiger partial charge on any atom is 0.0651 e. The molecule has 0 atom stereocenters. The zero-order chi connectivity index (χ0) is 66.2. The minimum atomic E-state index is -1.10. The molecule has 0 amide bonds. The molecular formula is C54H35N3. The van der Waals surface area contributed by atoms with Crippen LogP contribution in [0.4, 0.5) is 0 Å². The average molecular weight is 759 g/mol. The minimum Gasteiger partial charge on any atom is -0.309 e. The first-order chi connectivity index (χ1) is 42.0. The van der Waals surface area contributed by atoms with Crippen LogP contribution in [0.5, 0.6) is 0 Å². The number of para-hydroxylation sites is 4. The van der Waals surface area contributed by atoms with E-state index in [0.717, 1.165) is 25.8 Å². The van der Waals surface area contributed by atoms with E-state index in [2.05, 4.69) is 0 Å². The van der Waals surface area contributed by atoms with Crippen LogP contribution < -0.4 is 0 Å². The van der Waals surface area contributed by atoms with Crippen molar-refractivity contribution in [3.05, 3.63) is 212 Å². The van der Waals surface area contributed by atoms with Crippen LogP contribution in [0, 0.1) is 0 Å². The van der Waals surface area contributed by atoms with Gasteiger partial charge in [0.2, 0.25) is 0 Å². The maximum absolute atomic E-state index is 9.94. The molecule has 9 aromatic carbocycles. The van der Waals surface area contributed by atoms with Crippen LogP contribution in [0.25, 0.3) is 105 Å². The largest absolute Gasteiger partial charge is 0.309 e. The molecule has 0 radical (unpaired) electrons. The normalized spacial score (nSPS) is 20.0. The van der Waals surface area contributed by atoms with Crippen molar-refractivity contribution >= 4 is 65.4 Å². The summed E-state index contributed by atoms with van der Waals surface area (Å²) >= 11 is 0. The highest BCUT2D eigenvalue weighted by molar-refractivity contribution is 6.17. The summed E-state index contributed by atoms with van der Waals surface area (Å²) in [4.78, 5) is 0. The van der Waals surface area contributed by atoms with Gasteiger partial charge in [0.1, 0.15) is 0 Å². The van der Waals surface area contributed by atoms with E-state index in [1.807, 2.05) is 0 Å². The number of nitrogens with zero attached hydrogens (tertiary/aromatic N) is 3. The topological polar surface area (TPSA) is 14.8 Å². The van der Waals surface area contributed by atoms with Crippen molar-refractivity contribution in [1.29, 1.82) is 0 Å². The Hall–Kier alpha value is -7.62. The van der Waals surface area contributed by atoms with Gasteiger partial charge in [-0.1, -0.05) is 145 Å². The zero-order valence-electron chi connectivity index (χ0n) is 61.5. The van der Waals surface area contributed by atoms with Crippen molar-refractivity contribution in [2.24, 2.45) is 0 Å². The molecule has 12 aromatic rings. The molecule has 12 rings (SSSR count). The third-order valence-corrected chi connectivity index (χ3v) is 9.46. The van der Waals surface area contributed by atoms with Crippen molar-refractivity contribution in [2.45, 2.75) is 0 Å². The first-order valence-corrected chi connectivity index (χ1v) is 16.9. The van der Waals surface area contributed by atoms with Gasteiger partial charge in [-0.3, -0.25) is 0 Å². The first kappa shape index (κ1) is 13.3. The highest BCUT2D eigenvalue weighted by atomic mass is 15.0. The quantitative estimate of drug-likeness (QED) is 0.166. The molecule has 0 bridgehead atoms. The molecule has 0 N–H and O–H groups in total. The van der Waals surface area contributed by atoms with E-state index in [4.69, 9.17) is 26.0 Å². The Balaban J connectivity index is 1.26. The van der Waals surface area contributed by atoms with Gasteiger partial charge in [0.15, 0.2) is 0 Å². The summed E-state index contributed by atoms with van der Waals surface area (Å²) in [6.07, 6.45) is 0. The summed E-state index contributed by atoms with van der Waals surface area (Å²) in [5.41, 5.74) is -8.89. The van der Waals surface area contributed by atoms with E-state index in [1.54, 1.807) is 0 Å². The molecule has 0 spiro atoms. The fraction of sp³-hybridized carbons (Fsp3) is 0. The second-order valence-electron chi connectivity index (χ2n) is 12.4. The number of benzene rings is 9. The Labute approximate surface area is 375 Å². The molecule has 0 fully saturated rings. The highest BCUT2D eigenvalue weighted by Crippen LogP contribution is 2.41. The van der Waals surface area contributed by atoms with Crippen molar-refractivity contribution < 1.29 is 45.2 Å². The third kappa shape index (κ3) is 4.79. The van der Waals surface area contributed by atoms with Crippen LogP contribution >= 0.6 is 0 Å². The zero-order valence-corrected chi connectivity index (χ0v) is 28.5. The molecule has 266 valence electrons. The summed E-state index contributed by atoms with van der Waals surface area (Å²) in [7, 11) is 0. The fourth-order valence-corrected chi connectivity index (χ4v) is 7.11. The third-order valence-electron chi connectivity index (χ3n) is 9.46. The Morgan fingerprint density at radius 1 is 0.298 bits per heavy atom. The van der Waals surface area contributed by atoms with E-state index in [0.29, 0.717) is 0 Å². The molecule has 0 saturated heterocycles. The van der Waals surface area contributed by atoms with E-state index in [1.165, 1.54) is 0 Å². The predicted octanol–water partition coefficient (Wildman–Crippen LogP) is 14.3. The molecule has 3 aromatic heterocycles. The summed E-state index contributed by atoms with van der Waals surface area (Å²) in [5.74, 6) is 0. The fourth-order valence-electron chi connectivity index (χ4n) is 7.11. The predicted molar refractivity (Wildman–Crippen MR) is 240 cm³/mol. The molecule has 0 aliphatic heterocycles. The van der Waals surface area contributed by atoms with E-state index < -0.39 is 293 Å². The molecular weight excluding hydrogens is 691 g/mol. The summed E-state index contributed by atoms with van der Waals surface area (Å²) in [6, 6.07) is -28.3. The van der Waals surface area contributed by atoms with E-state index in [-0.39, 0.29) is 10.9 Å². The lowest BCUT2D eigenvalue weighted by molar-refractivity contribution is 1.16. The number of rotatable bonds is 5. The standard InChI is InChI=1S/C54H35N3/c1-2-14-36(15-3-1)37-28-30-38(31-29-37)39-16-12-17-40(34-39)55-47-22-8-6-20-44(47)46-35-41(32-33-51(46)55)56-50-25-11-7-21-45(50)54-52(56)26-13-27-53(54)57-48-23-9-4-18-42(48)43-19-5-10-24-49(43)57/h1-35H/i1D,2D,3D,4D,5D,6D,7D,8D,9D,10D,11D,12D,13D,14D,15D,16D,17D,18D,19D,20D,21D,22D,23D,25D,26D,27D,28D,29D,30D,31D,32D,33D,34D. The van der Waals surface area contributed by atoms with Crippen molar-refractivity contribution in [3.8, 4) is 39.3 Å². The Kier molecular flexibility index (Phi) is 2.90. The monoisotopic (exact) mass is 758 g/mol. The van der Waals surface area contributed by atoms with Crippen molar-refractivity contribution in [3.63, 3.8) is 0 Å². The van der Waals surface area contributed by atoms with Gasteiger partial charge < -0.3 is 13.7 Å². The number of aromatic nitrogens is 3. The Morgan fingerprint density at radius 2 is 0.807 bits per heavy atom. The van der Waals surface area contributed by atoms with Gasteiger partial charge in [0.25, 0.3) is 0 Å². The van der Waals surface area contributed by atoms with Gasteiger partial charge >= 0.3 is 0 Å². The van der Waals surface area contributed by atoms with Gasteiger partial charge in [0.05, 0.1) is 84.0 Å². The Morgan fingerprint density at radius 3 is 1.58 bits per heavy atom. The second-order valence-corrected chi connectivity index (χ2v) is 12.4. The maximum atomic E-state index is 9.94. The van der Waals surface area contributed by atoms with Gasteiger partial charge in [-0.2, -0.15) is 0 Å². The van der Waals surface area contributed by atoms with Gasteiger partial charge in [-0.05, 0) is 88.8 Å². The molecule has 57 heavy (non-hydrogen) atoms. The van der Waals surface area contributed by atoms with Crippen LogP contribution in [0.1, 0.15) is 45.2 Å². The first-order valence-electron chi connectivity index (χ1n) is 33.4. The number of fused-ring (bicyclic) bond motifs is 9. The van der Waals surface area contributed by atoms with Crippen LogP contribution in [0.2, 0.25) is 0 Å². The van der Waals surface area contributed by atoms with Crippen molar-refractivity contribution in [1.82, 2.24) is 13.7 Å². The van der Waals surface area contributed by atoms with E-state index in [9.17, 15) is 19.2 Å². The van der Waals surface area contributed by atoms with Crippen molar-refractivity contribution in [2.75, 3.05) is 0 Å². The van der Waals surface area contributed by atoms with Gasteiger partial charge in [-0.15, -0.1) is 0 Å². The average Bonchev–Trinajstić information content (AvgIpc) is 1.51. The van der Waals surface area contributed by atoms with Crippen LogP contribution in [-0.4, -0.2) is 13.7 Å². The lowest BCUT2D eigenvalue weighted by Gasteiger charge is -2.13. The second kappa shape index (κ2) is 12.5. The molecule has 0 unspecified atom stereocenters. The molecule has 0 saturated carbocycles. The molecule has 3 nitrogen and oxygen atoms in total. The lowest BCUT2D eigenvalue weighted by atomic mass is 10.00. The summed E-state index contributed by atoms with van der Waals surface area (Å²) < 4.78 is 302. The molecule has 0 aliphatic rings. The number of hydrogen-bond donors (Lipinski definition) is 0. The van der Waals surface area contributed by atoms with Gasteiger partial charge in [-0.25, -0.2) is 0 Å². The lowest BCUT2D eigenvalue weighted by Crippen LogP contribution is -1.97. The smallest absolute Gasteiger partial charge is 0.0651 e. The molecule has 3 heterocycles. The van der Waals surface area contributed by atoms with Crippen LogP contribution in [0.3, 0.4) is 0 Å². The Bertz CT molecular complexity index is 5410. The summed E-state index contributed by atoms with van der Waals surface area (Å²) in [5, 5.41) is -2.84. The SMILES string of the molecule is [2H]c1cc2c(c([2H])c1[2H])c1c([2H])c([2H])c([2H])c([2H])c1n2-c1c([2H])c([2H])c([2H])c2c1c1c([2H])c([2H])c([2H])c([2H])c1n2-c1cc2c3c([2H])c([2H])c([2H])c([2H])c3n(-c3c([2H])c([2H])c([2H])c(-c4c([2H])c([2H])c(-c5c([2H])c([2H])c([2H])c([2H])c5[2H])c([2H])c4[2H])c3[2H])c2c([2H])c1[2H]. The van der Waals surface area contributed by atoms with Crippen LogP contribution in [-0.2, 0) is 0 Å². The number of hydrogen-bond acceptors (Lipinski definition) is 0. The van der Waals surface area contributed by atoms with Crippen LogP contribution in [0.15, 0.2) is 212 Å². The van der Waals surface area contributed by atoms with Gasteiger partial charge in [0, 0.05) is 43.7 Å². The molecule has 3 heteroatoms. The van der Waals surface area contributed by atoms with E-state index >= 15 is 0 Å². The molecule has 0 aliphatic carbocycles. The summed E-state index contributed by atoms with van der Waals surface area (Å²) in [6.45, 7) is 0.